The van der Waals surface area contributed by atoms with Gasteiger partial charge in [-0.3, -0.25) is 19.2 Å². The highest BCUT2D eigenvalue weighted by atomic mass is 16.5. The fourth-order valence-corrected chi connectivity index (χ4v) is 3.78. The van der Waals surface area contributed by atoms with Gasteiger partial charge in [0.15, 0.2) is 0 Å². The molecule has 10 nitrogen and oxygen atoms in total. The van der Waals surface area contributed by atoms with E-state index in [0.717, 1.165) is 12.8 Å². The first kappa shape index (κ1) is 26.8. The zero-order valence-corrected chi connectivity index (χ0v) is 20.0. The van der Waals surface area contributed by atoms with Gasteiger partial charge in [0.1, 0.15) is 18.3 Å². The Bertz CT molecular complexity index is 970. The van der Waals surface area contributed by atoms with Crippen LogP contribution in [0.4, 0.5) is 5.69 Å². The summed E-state index contributed by atoms with van der Waals surface area (Å²) in [5.41, 5.74) is -0.484. The van der Waals surface area contributed by atoms with Crippen molar-refractivity contribution in [2.75, 3.05) is 25.0 Å². The van der Waals surface area contributed by atoms with Gasteiger partial charge in [-0.05, 0) is 50.7 Å². The summed E-state index contributed by atoms with van der Waals surface area (Å²) in [6, 6.07) is 2.13. The number of carbonyl (C=O) groups excluding carboxylic acids is 4. The third-order valence-corrected chi connectivity index (χ3v) is 5.45. The number of likely N-dealkylation sites (tertiary alicyclic amines) is 1. The molecule has 1 aliphatic heterocycles. The van der Waals surface area contributed by atoms with Crippen molar-refractivity contribution in [2.24, 2.45) is 5.92 Å². The number of rotatable bonds is 10. The van der Waals surface area contributed by atoms with Crippen LogP contribution in [-0.4, -0.2) is 58.9 Å². The standard InChI is InChI=1S/C24H34N4O6/c1-4-34-22(31)12-6-5-10-19(25-18(3)29)23(32)26-20-11-8-14-28(24(20)33)16-21(30)27-13-7-9-17(2)15-27/h6,8,11-12,14,17,19H,4-5,7,9-10,13,15-16H2,1-3H3,(H,25,29)(H,26,32)/b12-6+/t17?,19-/m0/s1. The van der Waals surface area contributed by atoms with Gasteiger partial charge in [-0.2, -0.15) is 0 Å². The van der Waals surface area contributed by atoms with Crippen molar-refractivity contribution in [1.82, 2.24) is 14.8 Å². The molecule has 0 aliphatic carbocycles. The third kappa shape index (κ3) is 8.49. The number of esters is 1. The fourth-order valence-electron chi connectivity index (χ4n) is 3.78. The van der Waals surface area contributed by atoms with E-state index in [1.54, 1.807) is 24.0 Å². The summed E-state index contributed by atoms with van der Waals surface area (Å²) in [4.78, 5) is 63.0. The number of piperidine rings is 1. The van der Waals surface area contributed by atoms with E-state index in [4.69, 9.17) is 4.74 Å². The molecule has 0 spiro atoms. The third-order valence-electron chi connectivity index (χ3n) is 5.45. The van der Waals surface area contributed by atoms with Gasteiger partial charge < -0.3 is 24.8 Å². The van der Waals surface area contributed by atoms with Crippen LogP contribution in [0, 0.1) is 5.92 Å². The molecule has 0 radical (unpaired) electrons. The number of pyridine rings is 1. The number of anilines is 1. The molecule has 0 bridgehead atoms. The Hall–Kier alpha value is -3.43. The van der Waals surface area contributed by atoms with Crippen molar-refractivity contribution < 1.29 is 23.9 Å². The Labute approximate surface area is 199 Å². The maximum Gasteiger partial charge on any atom is 0.330 e. The van der Waals surface area contributed by atoms with Crippen molar-refractivity contribution in [3.05, 3.63) is 40.8 Å². The predicted molar refractivity (Wildman–Crippen MR) is 127 cm³/mol. The summed E-state index contributed by atoms with van der Waals surface area (Å²) in [5, 5.41) is 5.11. The van der Waals surface area contributed by atoms with Crippen molar-refractivity contribution in [2.45, 2.75) is 59.0 Å². The molecule has 0 saturated carbocycles. The smallest absolute Gasteiger partial charge is 0.330 e. The first-order valence-corrected chi connectivity index (χ1v) is 11.6. The van der Waals surface area contributed by atoms with E-state index >= 15 is 0 Å². The lowest BCUT2D eigenvalue weighted by Crippen LogP contribution is -2.44. The first-order valence-electron chi connectivity index (χ1n) is 11.6. The molecule has 1 unspecified atom stereocenters. The quantitative estimate of drug-likeness (QED) is 0.390. The van der Waals surface area contributed by atoms with E-state index in [0.29, 0.717) is 25.4 Å². The molecule has 34 heavy (non-hydrogen) atoms. The van der Waals surface area contributed by atoms with Crippen LogP contribution in [0.2, 0.25) is 0 Å². The second-order valence-electron chi connectivity index (χ2n) is 8.42. The molecule has 2 N–H and O–H groups in total. The average molecular weight is 475 g/mol. The lowest BCUT2D eigenvalue weighted by Gasteiger charge is -2.31. The number of carbonyl (C=O) groups is 4. The highest BCUT2D eigenvalue weighted by Gasteiger charge is 2.23. The van der Waals surface area contributed by atoms with Gasteiger partial charge in [0.05, 0.1) is 6.61 Å². The number of nitrogens with zero attached hydrogens (tertiary/aromatic N) is 2. The number of allylic oxidation sites excluding steroid dienone is 1. The van der Waals surface area contributed by atoms with Crippen LogP contribution in [0.5, 0.6) is 0 Å². The number of hydrogen-bond donors (Lipinski definition) is 2. The highest BCUT2D eigenvalue weighted by molar-refractivity contribution is 5.96. The van der Waals surface area contributed by atoms with E-state index in [-0.39, 0.29) is 31.2 Å². The molecule has 1 aromatic rings. The monoisotopic (exact) mass is 474 g/mol. The van der Waals surface area contributed by atoms with E-state index in [1.807, 2.05) is 0 Å². The Morgan fingerprint density at radius 3 is 2.74 bits per heavy atom. The summed E-state index contributed by atoms with van der Waals surface area (Å²) >= 11 is 0. The largest absolute Gasteiger partial charge is 0.463 e. The van der Waals surface area contributed by atoms with E-state index < -0.39 is 29.4 Å². The van der Waals surface area contributed by atoms with Crippen LogP contribution in [0.15, 0.2) is 35.3 Å². The highest BCUT2D eigenvalue weighted by Crippen LogP contribution is 2.15. The molecule has 1 aliphatic rings. The molecule has 2 rings (SSSR count). The maximum atomic E-state index is 12.9. The van der Waals surface area contributed by atoms with Gasteiger partial charge in [0, 0.05) is 32.3 Å². The minimum absolute atomic E-state index is 0.0183. The van der Waals surface area contributed by atoms with Crippen LogP contribution in [0.25, 0.3) is 0 Å². The van der Waals surface area contributed by atoms with Crippen LogP contribution in [-0.2, 0) is 30.5 Å². The summed E-state index contributed by atoms with van der Waals surface area (Å²) in [6.07, 6.45) is 6.91. The van der Waals surface area contributed by atoms with Gasteiger partial charge in [-0.25, -0.2) is 4.79 Å². The molecular formula is C24H34N4O6. The van der Waals surface area contributed by atoms with Crippen molar-refractivity contribution in [3.63, 3.8) is 0 Å². The molecule has 1 fully saturated rings. The number of nitrogens with one attached hydrogen (secondary N) is 2. The fraction of sp³-hybridized carbons (Fsp3) is 0.542. The number of ether oxygens (including phenoxy) is 1. The van der Waals surface area contributed by atoms with Crippen LogP contribution in [0.3, 0.4) is 0 Å². The number of hydrogen-bond acceptors (Lipinski definition) is 6. The average Bonchev–Trinajstić information content (AvgIpc) is 2.78. The topological polar surface area (TPSA) is 127 Å². The zero-order chi connectivity index (χ0) is 25.1. The molecule has 2 atom stereocenters. The Morgan fingerprint density at radius 1 is 1.29 bits per heavy atom. The van der Waals surface area contributed by atoms with Crippen molar-refractivity contribution in [3.8, 4) is 0 Å². The van der Waals surface area contributed by atoms with E-state index in [1.165, 1.54) is 29.8 Å². The van der Waals surface area contributed by atoms with Gasteiger partial charge in [0.25, 0.3) is 5.56 Å². The molecule has 2 heterocycles. The molecule has 10 heteroatoms. The molecule has 1 aromatic heterocycles. The second-order valence-corrected chi connectivity index (χ2v) is 8.42. The lowest BCUT2D eigenvalue weighted by molar-refractivity contribution is -0.137. The van der Waals surface area contributed by atoms with E-state index in [2.05, 4.69) is 17.6 Å². The van der Waals surface area contributed by atoms with Crippen molar-refractivity contribution >= 4 is 29.4 Å². The maximum absolute atomic E-state index is 12.9. The molecule has 0 aromatic carbocycles. The lowest BCUT2D eigenvalue weighted by atomic mass is 10.0. The Kier molecular flexibility index (Phi) is 10.5. The second kappa shape index (κ2) is 13.3. The summed E-state index contributed by atoms with van der Waals surface area (Å²) in [6.45, 7) is 6.59. The molecule has 1 saturated heterocycles. The van der Waals surface area contributed by atoms with Gasteiger partial charge in [0.2, 0.25) is 17.7 Å². The van der Waals surface area contributed by atoms with Gasteiger partial charge in [-0.1, -0.05) is 13.0 Å². The summed E-state index contributed by atoms with van der Waals surface area (Å²) < 4.78 is 6.07. The SMILES string of the molecule is CCOC(=O)/C=C/CC[C@H](NC(C)=O)C(=O)Nc1cccn(CC(=O)N2CCCC(C)C2)c1=O. The number of amides is 3. The number of aromatic nitrogens is 1. The Balaban J connectivity index is 2.04. The Morgan fingerprint density at radius 2 is 2.06 bits per heavy atom. The van der Waals surface area contributed by atoms with Crippen LogP contribution in [0.1, 0.15) is 46.5 Å². The first-order chi connectivity index (χ1) is 16.2. The van der Waals surface area contributed by atoms with Crippen molar-refractivity contribution in [1.29, 1.82) is 0 Å². The van der Waals surface area contributed by atoms with Gasteiger partial charge in [-0.15, -0.1) is 0 Å². The van der Waals surface area contributed by atoms with Gasteiger partial charge >= 0.3 is 5.97 Å². The molecule has 186 valence electrons. The van der Waals surface area contributed by atoms with Crippen LogP contribution >= 0.6 is 0 Å². The minimum Gasteiger partial charge on any atom is -0.463 e. The summed E-state index contributed by atoms with van der Waals surface area (Å²) in [7, 11) is 0. The zero-order valence-electron chi connectivity index (χ0n) is 20.0. The minimum atomic E-state index is -0.908. The molecule has 3 amide bonds. The summed E-state index contributed by atoms with van der Waals surface area (Å²) in [5.74, 6) is -1.16. The predicted octanol–water partition coefficient (Wildman–Crippen LogP) is 1.45. The normalized spacial score (nSPS) is 16.7. The van der Waals surface area contributed by atoms with Crippen LogP contribution < -0.4 is 16.2 Å². The van der Waals surface area contributed by atoms with E-state index in [9.17, 15) is 24.0 Å². The molecular weight excluding hydrogens is 440 g/mol.